The van der Waals surface area contributed by atoms with Gasteiger partial charge in [-0.25, -0.2) is 0 Å². The molecule has 0 radical (unpaired) electrons. The molecule has 14 heteroatoms. The van der Waals surface area contributed by atoms with E-state index in [2.05, 4.69) is 148 Å². The molecule has 0 spiro atoms. The van der Waals surface area contributed by atoms with Crippen LogP contribution in [0.2, 0.25) is 0 Å². The zero-order chi connectivity index (χ0) is 32.3. The molecule has 2 aliphatic heterocycles. The van der Waals surface area contributed by atoms with Gasteiger partial charge in [-0.15, -0.1) is 0 Å². The van der Waals surface area contributed by atoms with E-state index in [1.165, 1.54) is 105 Å². The molecule has 0 atom stereocenters. The number of rotatable bonds is 8. The van der Waals surface area contributed by atoms with E-state index < -0.39 is 0 Å². The summed E-state index contributed by atoms with van der Waals surface area (Å²) in [5.74, 6) is 21.9. The normalized spacial score (nSPS) is 21.4. The Morgan fingerprint density at radius 2 is 0.717 bits per heavy atom. The molecule has 0 bridgehead atoms. The lowest BCUT2D eigenvalue weighted by Crippen LogP contribution is -2.33. The van der Waals surface area contributed by atoms with Crippen LogP contribution in [-0.4, -0.2) is 154 Å². The Balaban J connectivity index is 1.47. The molecule has 2 heterocycles. The molecule has 0 N–H and O–H groups in total. The van der Waals surface area contributed by atoms with Crippen LogP contribution in [0, 0.1) is 0 Å². The number of hydrogen-bond donors (Lipinski definition) is 0. The van der Waals surface area contributed by atoms with Crippen LogP contribution >= 0.6 is 126 Å². The van der Waals surface area contributed by atoms with Gasteiger partial charge in [0.1, 0.15) is 13.2 Å². The average Bonchev–Trinajstić information content (AvgIpc) is 3.04. The van der Waals surface area contributed by atoms with E-state index in [1.807, 2.05) is 0 Å². The fourth-order valence-electron chi connectivity index (χ4n) is 4.56. The van der Waals surface area contributed by atoms with Gasteiger partial charge in [0.25, 0.3) is 0 Å². The highest BCUT2D eigenvalue weighted by atomic mass is 79.9. The number of halogens is 2. The molecule has 0 amide bonds. The van der Waals surface area contributed by atoms with Gasteiger partial charge in [0.15, 0.2) is 11.5 Å². The maximum absolute atomic E-state index is 6.43. The predicted molar refractivity (Wildman–Crippen MR) is 234 cm³/mol. The first kappa shape index (κ1) is 42.9. The average molecular weight is 915 g/mol. The van der Waals surface area contributed by atoms with Gasteiger partial charge in [0.05, 0.1) is 0 Å². The molecule has 0 aliphatic carbocycles. The van der Waals surface area contributed by atoms with Gasteiger partial charge in [0, 0.05) is 117 Å². The van der Waals surface area contributed by atoms with Crippen molar-refractivity contribution in [3.63, 3.8) is 0 Å². The van der Waals surface area contributed by atoms with Crippen LogP contribution in [0.5, 0.6) is 11.5 Å². The van der Waals surface area contributed by atoms with E-state index >= 15 is 0 Å². The molecule has 2 aliphatic rings. The van der Waals surface area contributed by atoms with Gasteiger partial charge in [-0.1, -0.05) is 0 Å². The first-order valence-electron chi connectivity index (χ1n) is 16.5. The van der Waals surface area contributed by atoms with Crippen LogP contribution in [0.1, 0.15) is 12.8 Å². The van der Waals surface area contributed by atoms with Crippen LogP contribution in [0.3, 0.4) is 0 Å². The third kappa shape index (κ3) is 21.8. The summed E-state index contributed by atoms with van der Waals surface area (Å²) in [4.78, 5) is 5.19. The zero-order valence-electron chi connectivity index (χ0n) is 27.3. The highest BCUT2D eigenvalue weighted by Gasteiger charge is 2.13. The summed E-state index contributed by atoms with van der Waals surface area (Å²) in [5.41, 5.74) is 0. The van der Waals surface area contributed by atoms with E-state index in [0.29, 0.717) is 13.2 Å². The summed E-state index contributed by atoms with van der Waals surface area (Å²) in [7, 11) is 0. The molecule has 3 rings (SSSR count). The van der Waals surface area contributed by atoms with Crippen molar-refractivity contribution < 1.29 is 9.47 Å². The van der Waals surface area contributed by atoms with Gasteiger partial charge in [-0.3, -0.25) is 9.80 Å². The standard InChI is InChI=1S/C32H54Br2N2O2S8/c33-29-27-31(37-9-3-35-5-15-43-23-19-39-11-1-12-40-20-24-44-16-6-35)32(28-30(29)34)38-10-4-36-7-17-45-25-21-41-13-2-14-42-22-26-46-18-8-36/h27-28H,1-26H2. The van der Waals surface area contributed by atoms with Crippen molar-refractivity contribution in [1.82, 2.24) is 9.80 Å². The molecule has 266 valence electrons. The molecule has 46 heavy (non-hydrogen) atoms. The molecular weight excluding hydrogens is 861 g/mol. The lowest BCUT2D eigenvalue weighted by molar-refractivity contribution is 0.200. The van der Waals surface area contributed by atoms with E-state index in [-0.39, 0.29) is 0 Å². The second kappa shape index (κ2) is 30.0. The number of thioether (sulfide) groups is 8. The van der Waals surface area contributed by atoms with E-state index in [4.69, 9.17) is 9.47 Å². The number of hydrogen-bond acceptors (Lipinski definition) is 12. The van der Waals surface area contributed by atoms with Crippen LogP contribution in [0.4, 0.5) is 0 Å². The highest BCUT2D eigenvalue weighted by molar-refractivity contribution is 9.13. The quantitative estimate of drug-likeness (QED) is 0.249. The summed E-state index contributed by atoms with van der Waals surface area (Å²) in [5, 5.41) is 0. The van der Waals surface area contributed by atoms with Gasteiger partial charge >= 0.3 is 0 Å². The summed E-state index contributed by atoms with van der Waals surface area (Å²) in [6.45, 7) is 7.74. The van der Waals surface area contributed by atoms with Crippen molar-refractivity contribution in [2.75, 3.05) is 145 Å². The van der Waals surface area contributed by atoms with Crippen LogP contribution in [0.25, 0.3) is 0 Å². The molecule has 2 saturated heterocycles. The van der Waals surface area contributed by atoms with Crippen LogP contribution in [0.15, 0.2) is 21.1 Å². The van der Waals surface area contributed by atoms with E-state index in [9.17, 15) is 0 Å². The second-order valence-electron chi connectivity index (χ2n) is 10.7. The summed E-state index contributed by atoms with van der Waals surface area (Å²) >= 11 is 24.3. The highest BCUT2D eigenvalue weighted by Crippen LogP contribution is 2.36. The van der Waals surface area contributed by atoms with Crippen molar-refractivity contribution in [2.24, 2.45) is 0 Å². The van der Waals surface area contributed by atoms with Gasteiger partial charge in [-0.05, 0) is 79.8 Å². The Labute approximate surface area is 331 Å². The molecule has 4 nitrogen and oxygen atoms in total. The molecule has 2 fully saturated rings. The van der Waals surface area contributed by atoms with Crippen molar-refractivity contribution in [3.05, 3.63) is 21.1 Å². The van der Waals surface area contributed by atoms with Crippen molar-refractivity contribution in [2.45, 2.75) is 12.8 Å². The number of benzene rings is 1. The van der Waals surface area contributed by atoms with Crippen LogP contribution in [-0.2, 0) is 0 Å². The van der Waals surface area contributed by atoms with Crippen molar-refractivity contribution >= 4 is 126 Å². The zero-order valence-corrected chi connectivity index (χ0v) is 37.0. The first-order chi connectivity index (χ1) is 22.7. The first-order valence-corrected chi connectivity index (χ1v) is 27.4. The Hall–Kier alpha value is 2.50. The summed E-state index contributed by atoms with van der Waals surface area (Å²) in [6, 6.07) is 4.12. The minimum Gasteiger partial charge on any atom is -0.488 e. The molecule has 1 aromatic carbocycles. The minimum absolute atomic E-state index is 0.669. The fourth-order valence-corrected chi connectivity index (χ4v) is 13.9. The largest absolute Gasteiger partial charge is 0.488 e. The van der Waals surface area contributed by atoms with E-state index in [0.717, 1.165) is 59.7 Å². The molecular formula is C32H54Br2N2O2S8. The van der Waals surface area contributed by atoms with E-state index in [1.54, 1.807) is 0 Å². The van der Waals surface area contributed by atoms with Gasteiger partial charge in [-0.2, -0.15) is 94.1 Å². The minimum atomic E-state index is 0.669. The lowest BCUT2D eigenvalue weighted by Gasteiger charge is -2.24. The Morgan fingerprint density at radius 3 is 1.02 bits per heavy atom. The monoisotopic (exact) mass is 912 g/mol. The van der Waals surface area contributed by atoms with Gasteiger partial charge < -0.3 is 9.47 Å². The Kier molecular flexibility index (Phi) is 28.0. The topological polar surface area (TPSA) is 24.9 Å². The summed E-state index contributed by atoms with van der Waals surface area (Å²) in [6.07, 6.45) is 2.71. The summed E-state index contributed by atoms with van der Waals surface area (Å²) < 4.78 is 14.9. The molecule has 0 unspecified atom stereocenters. The molecule has 1 aromatic rings. The number of nitrogens with zero attached hydrogens (tertiary/aromatic N) is 2. The van der Waals surface area contributed by atoms with Gasteiger partial charge in [0.2, 0.25) is 0 Å². The SMILES string of the molecule is Brc1cc(OCCN2CCSCCSCCCSCCSCC2)c(OCCN2CCSCCSCCCSCCSCC2)cc1Br. The fraction of sp³-hybridized carbons (Fsp3) is 0.812. The molecule has 0 aromatic heterocycles. The third-order valence-corrected chi connectivity index (χ3v) is 18.2. The number of ether oxygens (including phenoxy) is 2. The molecule has 0 saturated carbocycles. The third-order valence-electron chi connectivity index (χ3n) is 7.17. The lowest BCUT2D eigenvalue weighted by atomic mass is 10.3. The van der Waals surface area contributed by atoms with Crippen molar-refractivity contribution in [3.8, 4) is 11.5 Å². The smallest absolute Gasteiger partial charge is 0.162 e. The predicted octanol–water partition coefficient (Wildman–Crippen LogP) is 9.25. The van der Waals surface area contributed by atoms with Crippen LogP contribution < -0.4 is 9.47 Å². The Morgan fingerprint density at radius 1 is 0.435 bits per heavy atom. The maximum atomic E-state index is 6.43. The van der Waals surface area contributed by atoms with Crippen molar-refractivity contribution in [1.29, 1.82) is 0 Å². The Bertz CT molecular complexity index is 798. The maximum Gasteiger partial charge on any atom is 0.162 e. The second-order valence-corrected chi connectivity index (χ2v) is 22.2.